The number of anilines is 3. The van der Waals surface area contributed by atoms with Crippen molar-refractivity contribution >= 4 is 49.6 Å². The predicted octanol–water partition coefficient (Wildman–Crippen LogP) is 14.1. The zero-order valence-electron chi connectivity index (χ0n) is 30.0. The van der Waals surface area contributed by atoms with Gasteiger partial charge in [-0.1, -0.05) is 158 Å². The lowest BCUT2D eigenvalue weighted by Gasteiger charge is -2.26. The van der Waals surface area contributed by atoms with E-state index in [0.717, 1.165) is 72.5 Å². The first kappa shape index (κ1) is 32.3. The summed E-state index contributed by atoms with van der Waals surface area (Å²) in [5.74, 6) is 0. The highest BCUT2D eigenvalue weighted by Crippen LogP contribution is 2.39. The lowest BCUT2D eigenvalue weighted by Crippen LogP contribution is -2.09. The quantitative estimate of drug-likeness (QED) is 0.155. The summed E-state index contributed by atoms with van der Waals surface area (Å²) in [5, 5.41) is 4.60. The second-order valence-electron chi connectivity index (χ2n) is 13.9. The van der Waals surface area contributed by atoms with E-state index < -0.39 is 0 Å². The Morgan fingerprint density at radius 3 is 1.42 bits per heavy atom. The lowest BCUT2D eigenvalue weighted by atomic mass is 9.97. The SMILES string of the molecule is c1ccc(-c2ccc(N(c3ccccc3)c3ccc4cc(-c5ccc6ccc7nc(-c8ccccc8)c(-c8ccccc8)nc7c6c5)ccc4c3)cc2)cc1. The molecule has 0 aliphatic heterocycles. The van der Waals surface area contributed by atoms with Crippen LogP contribution in [0.1, 0.15) is 0 Å². The molecule has 0 aliphatic carbocycles. The van der Waals surface area contributed by atoms with Crippen LogP contribution in [0.5, 0.6) is 0 Å². The molecule has 0 N–H and O–H groups in total. The van der Waals surface area contributed by atoms with Crippen molar-refractivity contribution in [3.8, 4) is 44.8 Å². The molecule has 0 unspecified atom stereocenters. The van der Waals surface area contributed by atoms with Crippen molar-refractivity contribution in [1.29, 1.82) is 0 Å². The van der Waals surface area contributed by atoms with Gasteiger partial charge in [0.15, 0.2) is 0 Å². The summed E-state index contributed by atoms with van der Waals surface area (Å²) in [4.78, 5) is 12.9. The Labute approximate surface area is 320 Å². The number of aromatic nitrogens is 2. The van der Waals surface area contributed by atoms with Crippen molar-refractivity contribution in [2.24, 2.45) is 0 Å². The summed E-state index contributed by atoms with van der Waals surface area (Å²) in [5.41, 5.74) is 13.7. The van der Waals surface area contributed by atoms with Crippen molar-refractivity contribution in [2.75, 3.05) is 4.90 Å². The van der Waals surface area contributed by atoms with Crippen molar-refractivity contribution in [1.82, 2.24) is 9.97 Å². The molecule has 0 radical (unpaired) electrons. The lowest BCUT2D eigenvalue weighted by molar-refractivity contribution is 1.29. The maximum atomic E-state index is 5.36. The number of fused-ring (bicyclic) bond motifs is 4. The monoisotopic (exact) mass is 701 g/mol. The number of rotatable bonds is 7. The first-order valence-corrected chi connectivity index (χ1v) is 18.7. The predicted molar refractivity (Wildman–Crippen MR) is 231 cm³/mol. The van der Waals surface area contributed by atoms with Gasteiger partial charge in [-0.2, -0.15) is 0 Å². The Kier molecular flexibility index (Phi) is 8.16. The van der Waals surface area contributed by atoms with Gasteiger partial charge in [0.05, 0.1) is 22.4 Å². The maximum Gasteiger partial charge on any atom is 0.0973 e. The molecule has 10 aromatic rings. The highest BCUT2D eigenvalue weighted by atomic mass is 15.1. The molecule has 258 valence electrons. The van der Waals surface area contributed by atoms with Gasteiger partial charge in [0, 0.05) is 33.6 Å². The summed E-state index contributed by atoms with van der Waals surface area (Å²) in [7, 11) is 0. The topological polar surface area (TPSA) is 29.0 Å². The van der Waals surface area contributed by atoms with Crippen molar-refractivity contribution < 1.29 is 0 Å². The number of hydrogen-bond acceptors (Lipinski definition) is 3. The maximum absolute atomic E-state index is 5.36. The molecule has 9 aromatic carbocycles. The number of hydrogen-bond donors (Lipinski definition) is 0. The highest BCUT2D eigenvalue weighted by molar-refractivity contribution is 6.07. The normalized spacial score (nSPS) is 11.3. The van der Waals surface area contributed by atoms with Gasteiger partial charge >= 0.3 is 0 Å². The molecule has 0 bridgehead atoms. The van der Waals surface area contributed by atoms with Gasteiger partial charge in [0.25, 0.3) is 0 Å². The third-order valence-corrected chi connectivity index (χ3v) is 10.4. The zero-order valence-corrected chi connectivity index (χ0v) is 30.0. The fourth-order valence-electron chi connectivity index (χ4n) is 7.62. The van der Waals surface area contributed by atoms with Gasteiger partial charge in [-0.05, 0) is 93.0 Å². The summed E-state index contributed by atoms with van der Waals surface area (Å²) in [6.07, 6.45) is 0. The Morgan fingerprint density at radius 2 is 0.745 bits per heavy atom. The Hall–Kier alpha value is -7.36. The second-order valence-corrected chi connectivity index (χ2v) is 13.9. The summed E-state index contributed by atoms with van der Waals surface area (Å²) in [6.45, 7) is 0. The van der Waals surface area contributed by atoms with Crippen LogP contribution in [0.3, 0.4) is 0 Å². The van der Waals surface area contributed by atoms with Gasteiger partial charge in [-0.15, -0.1) is 0 Å². The minimum atomic E-state index is 0.881. The molecule has 55 heavy (non-hydrogen) atoms. The summed E-state index contributed by atoms with van der Waals surface area (Å²) in [6, 6.07) is 75.1. The van der Waals surface area contributed by atoms with Gasteiger partial charge < -0.3 is 4.90 Å². The minimum absolute atomic E-state index is 0.881. The van der Waals surface area contributed by atoms with E-state index in [1.54, 1.807) is 0 Å². The number of benzene rings is 9. The second kappa shape index (κ2) is 13.9. The van der Waals surface area contributed by atoms with Crippen LogP contribution in [-0.4, -0.2) is 9.97 Å². The highest BCUT2D eigenvalue weighted by Gasteiger charge is 2.16. The van der Waals surface area contributed by atoms with Gasteiger partial charge in [-0.25, -0.2) is 9.97 Å². The van der Waals surface area contributed by atoms with E-state index in [9.17, 15) is 0 Å². The molecule has 0 atom stereocenters. The average molecular weight is 702 g/mol. The van der Waals surface area contributed by atoms with Crippen LogP contribution in [0.2, 0.25) is 0 Å². The fraction of sp³-hybridized carbons (Fsp3) is 0. The molecule has 0 saturated carbocycles. The molecule has 0 amide bonds. The largest absolute Gasteiger partial charge is 0.310 e. The molecule has 0 spiro atoms. The van der Waals surface area contributed by atoms with Crippen molar-refractivity contribution in [3.63, 3.8) is 0 Å². The van der Waals surface area contributed by atoms with E-state index in [0.29, 0.717) is 0 Å². The van der Waals surface area contributed by atoms with E-state index in [1.165, 1.54) is 21.9 Å². The third-order valence-electron chi connectivity index (χ3n) is 10.4. The van der Waals surface area contributed by atoms with Crippen molar-refractivity contribution in [2.45, 2.75) is 0 Å². The van der Waals surface area contributed by atoms with Crippen LogP contribution in [0, 0.1) is 0 Å². The van der Waals surface area contributed by atoms with Crippen LogP contribution in [-0.2, 0) is 0 Å². The van der Waals surface area contributed by atoms with Crippen LogP contribution in [0.15, 0.2) is 212 Å². The zero-order chi connectivity index (χ0) is 36.6. The molecule has 0 aliphatic rings. The molecule has 1 aromatic heterocycles. The van der Waals surface area contributed by atoms with Crippen LogP contribution < -0.4 is 4.90 Å². The number of nitrogens with zero attached hydrogens (tertiary/aromatic N) is 3. The molecule has 1 heterocycles. The molecule has 0 fully saturated rings. The molecular formula is C52H35N3. The third kappa shape index (κ3) is 6.18. The Bertz CT molecular complexity index is 2940. The number of para-hydroxylation sites is 1. The standard InChI is InChI=1S/C52H35N3/c1-5-13-36(14-6-1)37-25-29-46(30-26-37)55(45-19-11-4-12-20-45)47-31-27-42-33-41(23-24-43(42)34-47)44-22-21-38-28-32-49-52(48(38)35-44)54-51(40-17-9-3-10-18-40)50(53-49)39-15-7-2-8-16-39/h1-35H. The van der Waals surface area contributed by atoms with E-state index in [2.05, 4.69) is 205 Å². The average Bonchev–Trinajstić information content (AvgIpc) is 3.27. The summed E-state index contributed by atoms with van der Waals surface area (Å²) < 4.78 is 0. The smallest absolute Gasteiger partial charge is 0.0973 e. The van der Waals surface area contributed by atoms with Crippen LogP contribution in [0.4, 0.5) is 17.1 Å². The molecule has 3 heteroatoms. The molecule has 10 rings (SSSR count). The van der Waals surface area contributed by atoms with Gasteiger partial charge in [-0.3, -0.25) is 0 Å². The fourth-order valence-corrected chi connectivity index (χ4v) is 7.62. The van der Waals surface area contributed by atoms with E-state index in [-0.39, 0.29) is 0 Å². The molecule has 3 nitrogen and oxygen atoms in total. The first-order valence-electron chi connectivity index (χ1n) is 18.7. The van der Waals surface area contributed by atoms with Gasteiger partial charge in [0.2, 0.25) is 0 Å². The van der Waals surface area contributed by atoms with Gasteiger partial charge in [0.1, 0.15) is 0 Å². The Balaban J connectivity index is 1.04. The van der Waals surface area contributed by atoms with Crippen LogP contribution in [0.25, 0.3) is 77.3 Å². The van der Waals surface area contributed by atoms with E-state index in [4.69, 9.17) is 9.97 Å². The van der Waals surface area contributed by atoms with E-state index in [1.807, 2.05) is 12.1 Å². The van der Waals surface area contributed by atoms with E-state index >= 15 is 0 Å². The first-order chi connectivity index (χ1) is 27.2. The minimum Gasteiger partial charge on any atom is -0.310 e. The molecular weight excluding hydrogens is 667 g/mol. The Morgan fingerprint density at radius 1 is 0.291 bits per heavy atom. The van der Waals surface area contributed by atoms with Crippen LogP contribution >= 0.6 is 0 Å². The molecule has 0 saturated heterocycles. The summed E-state index contributed by atoms with van der Waals surface area (Å²) >= 11 is 0. The van der Waals surface area contributed by atoms with Crippen molar-refractivity contribution in [3.05, 3.63) is 212 Å².